The van der Waals surface area contributed by atoms with E-state index in [1.807, 2.05) is 31.2 Å². The number of carbonyl (C=O) groups excluding carboxylic acids is 1. The summed E-state index contributed by atoms with van der Waals surface area (Å²) in [6.45, 7) is 7.04. The number of nitrogens with one attached hydrogen (secondary N) is 1. The van der Waals surface area contributed by atoms with E-state index >= 15 is 0 Å². The number of rotatable bonds is 8. The molecule has 0 bridgehead atoms. The monoisotopic (exact) mass is 281 g/mol. The van der Waals surface area contributed by atoms with E-state index in [0.717, 1.165) is 17.9 Å². The third kappa shape index (κ3) is 6.31. The fourth-order valence-electron chi connectivity index (χ4n) is 1.43. The Morgan fingerprint density at radius 3 is 2.45 bits per heavy atom. The topological polar surface area (TPSA) is 56.8 Å². The number of hydrogen-bond donors (Lipinski definition) is 1. The van der Waals surface area contributed by atoms with Crippen LogP contribution in [-0.2, 0) is 4.74 Å². The van der Waals surface area contributed by atoms with Crippen LogP contribution in [0.5, 0.6) is 11.5 Å². The zero-order valence-electron chi connectivity index (χ0n) is 12.3. The molecular formula is C15H23NO4. The van der Waals surface area contributed by atoms with Crippen LogP contribution in [0.4, 0.5) is 4.79 Å². The van der Waals surface area contributed by atoms with Gasteiger partial charge < -0.3 is 19.5 Å². The molecular weight excluding hydrogens is 258 g/mol. The lowest BCUT2D eigenvalue weighted by molar-refractivity contribution is 0.150. The van der Waals surface area contributed by atoms with Gasteiger partial charge in [-0.25, -0.2) is 4.79 Å². The van der Waals surface area contributed by atoms with Gasteiger partial charge >= 0.3 is 6.09 Å². The van der Waals surface area contributed by atoms with Crippen molar-refractivity contribution in [2.45, 2.75) is 33.3 Å². The third-order valence-electron chi connectivity index (χ3n) is 2.65. The Labute approximate surface area is 120 Å². The van der Waals surface area contributed by atoms with Gasteiger partial charge in [-0.1, -0.05) is 6.92 Å². The molecule has 1 atom stereocenters. The Kier molecular flexibility index (Phi) is 7.32. The van der Waals surface area contributed by atoms with Crippen molar-refractivity contribution in [3.63, 3.8) is 0 Å². The molecule has 1 aromatic rings. The van der Waals surface area contributed by atoms with Crippen LogP contribution in [0.2, 0.25) is 0 Å². The molecule has 1 rings (SSSR count). The van der Waals surface area contributed by atoms with Crippen LogP contribution in [0.3, 0.4) is 0 Å². The fraction of sp³-hybridized carbons (Fsp3) is 0.533. The smallest absolute Gasteiger partial charge is 0.407 e. The van der Waals surface area contributed by atoms with E-state index in [1.165, 1.54) is 0 Å². The van der Waals surface area contributed by atoms with Crippen LogP contribution in [-0.4, -0.2) is 32.0 Å². The highest BCUT2D eigenvalue weighted by molar-refractivity contribution is 5.66. The van der Waals surface area contributed by atoms with Gasteiger partial charge in [0.2, 0.25) is 0 Å². The first-order valence-electron chi connectivity index (χ1n) is 6.95. The van der Waals surface area contributed by atoms with E-state index < -0.39 is 6.09 Å². The second-order valence-corrected chi connectivity index (χ2v) is 4.30. The average Bonchev–Trinajstić information content (AvgIpc) is 2.45. The molecule has 5 nitrogen and oxygen atoms in total. The summed E-state index contributed by atoms with van der Waals surface area (Å²) >= 11 is 0. The minimum Gasteiger partial charge on any atom is -0.492 e. The zero-order valence-corrected chi connectivity index (χ0v) is 12.3. The number of alkyl carbamates (subject to hydrolysis) is 1. The quantitative estimate of drug-likeness (QED) is 0.744. The van der Waals surface area contributed by atoms with Crippen molar-refractivity contribution in [1.29, 1.82) is 0 Å². The minimum absolute atomic E-state index is 0.204. The van der Waals surface area contributed by atoms with E-state index in [9.17, 15) is 4.79 Å². The summed E-state index contributed by atoms with van der Waals surface area (Å²) in [5.74, 6) is 1.57. The van der Waals surface area contributed by atoms with Crippen molar-refractivity contribution in [1.82, 2.24) is 5.32 Å². The largest absolute Gasteiger partial charge is 0.492 e. The maximum absolute atomic E-state index is 11.0. The maximum atomic E-state index is 11.0. The molecule has 5 heteroatoms. The molecule has 1 amide bonds. The van der Waals surface area contributed by atoms with Gasteiger partial charge in [0.05, 0.1) is 19.3 Å². The second-order valence-electron chi connectivity index (χ2n) is 4.30. The summed E-state index contributed by atoms with van der Waals surface area (Å²) in [4.78, 5) is 11.0. The first-order valence-corrected chi connectivity index (χ1v) is 6.95. The van der Waals surface area contributed by atoms with Crippen LogP contribution in [0.15, 0.2) is 24.3 Å². The average molecular weight is 281 g/mol. The van der Waals surface area contributed by atoms with Crippen molar-refractivity contribution in [2.24, 2.45) is 0 Å². The Morgan fingerprint density at radius 1 is 1.20 bits per heavy atom. The van der Waals surface area contributed by atoms with Crippen molar-refractivity contribution < 1.29 is 19.0 Å². The van der Waals surface area contributed by atoms with E-state index in [1.54, 1.807) is 6.92 Å². The summed E-state index contributed by atoms with van der Waals surface area (Å²) in [5.41, 5.74) is 0. The molecule has 20 heavy (non-hydrogen) atoms. The number of benzene rings is 1. The Hall–Kier alpha value is -1.91. The van der Waals surface area contributed by atoms with Gasteiger partial charge in [0, 0.05) is 0 Å². The standard InChI is InChI=1S/C15H23NO4/c1-4-12(3)20-14-8-6-13(7-9-14)19-11-10-16-15(17)18-5-2/h6-9,12H,4-5,10-11H2,1-3H3,(H,16,17). The van der Waals surface area contributed by atoms with E-state index in [0.29, 0.717) is 19.8 Å². The first kappa shape index (κ1) is 16.1. The van der Waals surface area contributed by atoms with Gasteiger partial charge in [0.25, 0.3) is 0 Å². The van der Waals surface area contributed by atoms with Crippen molar-refractivity contribution in [2.75, 3.05) is 19.8 Å². The van der Waals surface area contributed by atoms with Gasteiger partial charge in [-0.05, 0) is 44.5 Å². The summed E-state index contributed by atoms with van der Waals surface area (Å²) < 4.78 is 15.9. The van der Waals surface area contributed by atoms with Crippen LogP contribution in [0.25, 0.3) is 0 Å². The molecule has 1 N–H and O–H groups in total. The molecule has 0 aliphatic carbocycles. The van der Waals surface area contributed by atoms with Crippen LogP contribution < -0.4 is 14.8 Å². The lowest BCUT2D eigenvalue weighted by Gasteiger charge is -2.13. The Bertz CT molecular complexity index is 391. The summed E-state index contributed by atoms with van der Waals surface area (Å²) in [6.07, 6.45) is 0.751. The zero-order chi connectivity index (χ0) is 14.8. The fourth-order valence-corrected chi connectivity index (χ4v) is 1.43. The lowest BCUT2D eigenvalue weighted by Crippen LogP contribution is -2.28. The Morgan fingerprint density at radius 2 is 1.85 bits per heavy atom. The molecule has 0 saturated heterocycles. The highest BCUT2D eigenvalue weighted by Gasteiger charge is 2.02. The van der Waals surface area contributed by atoms with Gasteiger partial charge in [0.1, 0.15) is 18.1 Å². The van der Waals surface area contributed by atoms with E-state index in [2.05, 4.69) is 12.2 Å². The minimum atomic E-state index is -0.423. The lowest BCUT2D eigenvalue weighted by atomic mass is 10.3. The molecule has 0 spiro atoms. The van der Waals surface area contributed by atoms with Crippen molar-refractivity contribution in [3.8, 4) is 11.5 Å². The molecule has 1 aromatic carbocycles. The Balaban J connectivity index is 2.26. The van der Waals surface area contributed by atoms with Gasteiger partial charge in [-0.3, -0.25) is 0 Å². The highest BCUT2D eigenvalue weighted by atomic mass is 16.5. The molecule has 0 aliphatic rings. The van der Waals surface area contributed by atoms with Crippen molar-refractivity contribution >= 4 is 6.09 Å². The summed E-state index contributed by atoms with van der Waals surface area (Å²) in [7, 11) is 0. The molecule has 0 aliphatic heterocycles. The molecule has 0 aromatic heterocycles. The van der Waals surface area contributed by atoms with Crippen LogP contribution >= 0.6 is 0 Å². The summed E-state index contributed by atoms with van der Waals surface area (Å²) in [6, 6.07) is 7.45. The van der Waals surface area contributed by atoms with Crippen molar-refractivity contribution in [3.05, 3.63) is 24.3 Å². The molecule has 0 heterocycles. The van der Waals surface area contributed by atoms with Gasteiger partial charge in [-0.15, -0.1) is 0 Å². The SMILES string of the molecule is CCOC(=O)NCCOc1ccc(OC(C)CC)cc1. The molecule has 0 saturated carbocycles. The predicted octanol–water partition coefficient (Wildman–Crippen LogP) is 2.99. The molecule has 0 radical (unpaired) electrons. The highest BCUT2D eigenvalue weighted by Crippen LogP contribution is 2.19. The number of ether oxygens (including phenoxy) is 3. The third-order valence-corrected chi connectivity index (χ3v) is 2.65. The van der Waals surface area contributed by atoms with Crippen LogP contribution in [0.1, 0.15) is 27.2 Å². The number of hydrogen-bond acceptors (Lipinski definition) is 4. The first-order chi connectivity index (χ1) is 9.65. The maximum Gasteiger partial charge on any atom is 0.407 e. The normalized spacial score (nSPS) is 11.6. The molecule has 1 unspecified atom stereocenters. The summed E-state index contributed by atoms with van der Waals surface area (Å²) in [5, 5.41) is 2.59. The van der Waals surface area contributed by atoms with E-state index in [-0.39, 0.29) is 6.10 Å². The van der Waals surface area contributed by atoms with Gasteiger partial charge in [-0.2, -0.15) is 0 Å². The number of carbonyl (C=O) groups is 1. The van der Waals surface area contributed by atoms with Crippen LogP contribution in [0, 0.1) is 0 Å². The van der Waals surface area contributed by atoms with E-state index in [4.69, 9.17) is 14.2 Å². The molecule has 0 fully saturated rings. The number of amides is 1. The molecule has 112 valence electrons. The second kappa shape index (κ2) is 9.07. The van der Waals surface area contributed by atoms with Gasteiger partial charge in [0.15, 0.2) is 0 Å². The predicted molar refractivity (Wildman–Crippen MR) is 77.3 cm³/mol.